The standard InChI is InChI=1S/C9H18O8.C2H6/c10-1-5(13)4-17-7(3-12)9(16)8(15)6(14)2-11;1-2/h3,5-11,13-16H,1-2,4H2;1-2H3/t5?,6-,7+,8-,9-;/m1./s1. The lowest BCUT2D eigenvalue weighted by Crippen LogP contribution is -2.48. The largest absolute Gasteiger partial charge is 0.394 e. The van der Waals surface area contributed by atoms with E-state index in [0.717, 1.165) is 0 Å². The summed E-state index contributed by atoms with van der Waals surface area (Å²) in [5, 5.41) is 53.8. The van der Waals surface area contributed by atoms with E-state index in [1.165, 1.54) is 0 Å². The molecule has 0 radical (unpaired) electrons. The first-order valence-corrected chi connectivity index (χ1v) is 5.98. The molecule has 0 rings (SSSR count). The third-order valence-corrected chi connectivity index (χ3v) is 2.09. The van der Waals surface area contributed by atoms with Crippen molar-refractivity contribution in [2.45, 2.75) is 44.4 Å². The van der Waals surface area contributed by atoms with E-state index in [4.69, 9.17) is 25.2 Å². The van der Waals surface area contributed by atoms with Crippen LogP contribution in [0.25, 0.3) is 0 Å². The Hall–Kier alpha value is -0.610. The van der Waals surface area contributed by atoms with Crippen molar-refractivity contribution in [2.75, 3.05) is 19.8 Å². The maximum absolute atomic E-state index is 10.6. The summed E-state index contributed by atoms with van der Waals surface area (Å²) in [4.78, 5) is 10.6. The van der Waals surface area contributed by atoms with Crippen LogP contribution in [0.1, 0.15) is 13.8 Å². The lowest BCUT2D eigenvalue weighted by Gasteiger charge is -2.26. The van der Waals surface area contributed by atoms with Crippen molar-refractivity contribution in [1.82, 2.24) is 0 Å². The summed E-state index contributed by atoms with van der Waals surface area (Å²) >= 11 is 0. The zero-order valence-corrected chi connectivity index (χ0v) is 11.1. The van der Waals surface area contributed by atoms with E-state index >= 15 is 0 Å². The van der Waals surface area contributed by atoms with Crippen LogP contribution in [0, 0.1) is 0 Å². The van der Waals surface area contributed by atoms with Gasteiger partial charge in [-0.25, -0.2) is 0 Å². The van der Waals surface area contributed by atoms with Crippen molar-refractivity contribution < 1.29 is 40.2 Å². The van der Waals surface area contributed by atoms with Gasteiger partial charge in [0, 0.05) is 0 Å². The fourth-order valence-corrected chi connectivity index (χ4v) is 1.02. The molecule has 0 aromatic carbocycles. The Balaban J connectivity index is 0. The smallest absolute Gasteiger partial charge is 0.151 e. The van der Waals surface area contributed by atoms with Crippen molar-refractivity contribution in [3.8, 4) is 0 Å². The van der Waals surface area contributed by atoms with Gasteiger partial charge in [-0.05, 0) is 0 Å². The summed E-state index contributed by atoms with van der Waals surface area (Å²) in [6.45, 7) is 2.21. The van der Waals surface area contributed by atoms with Gasteiger partial charge in [0.05, 0.1) is 19.8 Å². The Kier molecular flexibility index (Phi) is 13.5. The Bertz CT molecular complexity index is 213. The molecule has 5 atom stereocenters. The normalized spacial score (nSPS) is 18.5. The quantitative estimate of drug-likeness (QED) is 0.246. The summed E-state index contributed by atoms with van der Waals surface area (Å²) in [5.74, 6) is 0. The molecule has 0 aromatic rings. The molecule has 19 heavy (non-hydrogen) atoms. The van der Waals surface area contributed by atoms with Crippen molar-refractivity contribution in [1.29, 1.82) is 0 Å². The van der Waals surface area contributed by atoms with E-state index in [-0.39, 0.29) is 6.29 Å². The van der Waals surface area contributed by atoms with Gasteiger partial charge in [-0.3, -0.25) is 0 Å². The van der Waals surface area contributed by atoms with Gasteiger partial charge < -0.3 is 40.2 Å². The molecule has 0 aromatic heterocycles. The number of ether oxygens (including phenoxy) is 1. The zero-order valence-electron chi connectivity index (χ0n) is 11.1. The summed E-state index contributed by atoms with van der Waals surface area (Å²) in [6.07, 6.45) is -7.64. The number of hydrogen-bond acceptors (Lipinski definition) is 8. The maximum atomic E-state index is 10.6. The minimum Gasteiger partial charge on any atom is -0.394 e. The number of aliphatic hydroxyl groups is 6. The average molecular weight is 284 g/mol. The van der Waals surface area contributed by atoms with E-state index in [9.17, 15) is 15.0 Å². The molecule has 0 bridgehead atoms. The molecule has 0 saturated heterocycles. The van der Waals surface area contributed by atoms with Gasteiger partial charge in [0.1, 0.15) is 30.5 Å². The van der Waals surface area contributed by atoms with Crippen LogP contribution in [0.3, 0.4) is 0 Å². The molecule has 8 heteroatoms. The van der Waals surface area contributed by atoms with Crippen LogP contribution in [0.4, 0.5) is 0 Å². The second-order valence-electron chi connectivity index (χ2n) is 3.50. The molecular weight excluding hydrogens is 260 g/mol. The van der Waals surface area contributed by atoms with Crippen molar-refractivity contribution >= 4 is 6.29 Å². The van der Waals surface area contributed by atoms with Gasteiger partial charge in [0.15, 0.2) is 6.29 Å². The van der Waals surface area contributed by atoms with E-state index in [1.54, 1.807) is 0 Å². The maximum Gasteiger partial charge on any atom is 0.151 e. The van der Waals surface area contributed by atoms with Crippen molar-refractivity contribution in [2.24, 2.45) is 0 Å². The highest BCUT2D eigenvalue weighted by Gasteiger charge is 2.31. The number of aliphatic hydroxyl groups excluding tert-OH is 6. The topological polar surface area (TPSA) is 148 Å². The van der Waals surface area contributed by atoms with Crippen LogP contribution >= 0.6 is 0 Å². The van der Waals surface area contributed by atoms with Gasteiger partial charge in [0.25, 0.3) is 0 Å². The molecule has 0 aliphatic carbocycles. The fourth-order valence-electron chi connectivity index (χ4n) is 1.02. The van der Waals surface area contributed by atoms with Crippen LogP contribution in [-0.4, -0.2) is 87.3 Å². The summed E-state index contributed by atoms with van der Waals surface area (Å²) in [7, 11) is 0. The molecule has 6 N–H and O–H groups in total. The second-order valence-corrected chi connectivity index (χ2v) is 3.50. The molecule has 0 saturated carbocycles. The lowest BCUT2D eigenvalue weighted by molar-refractivity contribution is -0.151. The summed E-state index contributed by atoms with van der Waals surface area (Å²) in [6, 6.07) is 0. The van der Waals surface area contributed by atoms with Gasteiger partial charge in [0.2, 0.25) is 0 Å². The molecule has 0 fully saturated rings. The molecule has 0 amide bonds. The number of carbonyl (C=O) groups excluding carboxylic acids is 1. The van der Waals surface area contributed by atoms with Crippen LogP contribution < -0.4 is 0 Å². The van der Waals surface area contributed by atoms with Crippen LogP contribution in [0.5, 0.6) is 0 Å². The third kappa shape index (κ3) is 8.22. The van der Waals surface area contributed by atoms with Crippen molar-refractivity contribution in [3.05, 3.63) is 0 Å². The Labute approximate surface area is 111 Å². The van der Waals surface area contributed by atoms with Crippen molar-refractivity contribution in [3.63, 3.8) is 0 Å². The number of aldehydes is 1. The van der Waals surface area contributed by atoms with Gasteiger partial charge >= 0.3 is 0 Å². The number of rotatable bonds is 9. The highest BCUT2D eigenvalue weighted by atomic mass is 16.5. The molecule has 8 nitrogen and oxygen atoms in total. The second kappa shape index (κ2) is 12.4. The molecule has 1 unspecified atom stereocenters. The third-order valence-electron chi connectivity index (χ3n) is 2.09. The minimum absolute atomic E-state index is 0.183. The predicted octanol–water partition coefficient (Wildman–Crippen LogP) is -2.98. The molecule has 0 aliphatic heterocycles. The molecule has 0 spiro atoms. The minimum atomic E-state index is -1.76. The highest BCUT2D eigenvalue weighted by molar-refractivity contribution is 5.57. The van der Waals surface area contributed by atoms with Crippen LogP contribution in [0.15, 0.2) is 0 Å². The fraction of sp³-hybridized carbons (Fsp3) is 0.909. The lowest BCUT2D eigenvalue weighted by atomic mass is 10.0. The van der Waals surface area contributed by atoms with Gasteiger partial charge in [-0.15, -0.1) is 0 Å². The monoisotopic (exact) mass is 284 g/mol. The van der Waals surface area contributed by atoms with Crippen LogP contribution in [0.2, 0.25) is 0 Å². The molecule has 116 valence electrons. The Morgan fingerprint density at radius 1 is 1.00 bits per heavy atom. The first-order chi connectivity index (χ1) is 8.97. The predicted molar refractivity (Wildman–Crippen MR) is 65.4 cm³/mol. The zero-order chi connectivity index (χ0) is 15.4. The molecule has 0 heterocycles. The Morgan fingerprint density at radius 3 is 1.89 bits per heavy atom. The van der Waals surface area contributed by atoms with E-state index in [0.29, 0.717) is 0 Å². The number of carbonyl (C=O) groups is 1. The van der Waals surface area contributed by atoms with E-state index in [1.807, 2.05) is 13.8 Å². The van der Waals surface area contributed by atoms with Gasteiger partial charge in [-0.1, -0.05) is 13.8 Å². The summed E-state index contributed by atoms with van der Waals surface area (Å²) < 4.78 is 4.74. The van der Waals surface area contributed by atoms with Crippen LogP contribution in [-0.2, 0) is 9.53 Å². The SMILES string of the molecule is CC.O=C[C@H](OCC(O)CO)[C@@H](O)[C@H](O)[C@H](O)CO. The summed E-state index contributed by atoms with van der Waals surface area (Å²) in [5.41, 5.74) is 0. The Morgan fingerprint density at radius 2 is 1.53 bits per heavy atom. The molecule has 0 aliphatic rings. The number of hydrogen-bond donors (Lipinski definition) is 6. The average Bonchev–Trinajstić information content (AvgIpc) is 2.47. The van der Waals surface area contributed by atoms with Gasteiger partial charge in [-0.2, -0.15) is 0 Å². The highest BCUT2D eigenvalue weighted by Crippen LogP contribution is 2.07. The van der Waals surface area contributed by atoms with E-state index in [2.05, 4.69) is 0 Å². The van der Waals surface area contributed by atoms with E-state index < -0.39 is 50.3 Å². The first-order valence-electron chi connectivity index (χ1n) is 5.98. The molecular formula is C11H24O8. The first kappa shape index (κ1) is 20.7.